The van der Waals surface area contributed by atoms with Crippen LogP contribution in [-0.4, -0.2) is 28.8 Å². The Bertz CT molecular complexity index is 794. The molecule has 1 aromatic carbocycles. The first-order chi connectivity index (χ1) is 12.0. The van der Waals surface area contributed by atoms with Crippen LogP contribution in [-0.2, 0) is 6.54 Å². The molecule has 0 saturated heterocycles. The van der Waals surface area contributed by atoms with Crippen molar-refractivity contribution in [3.63, 3.8) is 0 Å². The van der Waals surface area contributed by atoms with Gasteiger partial charge in [0.05, 0.1) is 0 Å². The molecular formula is C19H26N4O2. The summed E-state index contributed by atoms with van der Waals surface area (Å²) in [7, 11) is 0. The average molecular weight is 342 g/mol. The molecule has 1 heterocycles. The molecule has 0 unspecified atom stereocenters. The fourth-order valence-electron chi connectivity index (χ4n) is 2.70. The number of nitrogens with zero attached hydrogens (tertiary/aromatic N) is 3. The van der Waals surface area contributed by atoms with Crippen molar-refractivity contribution in [1.29, 1.82) is 0 Å². The van der Waals surface area contributed by atoms with E-state index in [9.17, 15) is 9.59 Å². The van der Waals surface area contributed by atoms with Crippen molar-refractivity contribution < 1.29 is 4.79 Å². The third kappa shape index (κ3) is 4.47. The van der Waals surface area contributed by atoms with E-state index in [1.54, 1.807) is 0 Å². The molecule has 0 aliphatic heterocycles. The Hall–Kier alpha value is -2.63. The minimum atomic E-state index is -0.316. The number of amides is 1. The molecule has 0 bridgehead atoms. The topological polar surface area (TPSA) is 67.2 Å². The number of anilines is 2. The highest BCUT2D eigenvalue weighted by Gasteiger charge is 2.12. The lowest BCUT2D eigenvalue weighted by atomic mass is 10.1. The third-order valence-electron chi connectivity index (χ3n) is 4.12. The van der Waals surface area contributed by atoms with E-state index in [-0.39, 0.29) is 17.2 Å². The zero-order valence-corrected chi connectivity index (χ0v) is 15.4. The summed E-state index contributed by atoms with van der Waals surface area (Å²) in [6.07, 6.45) is 0.782. The number of aromatic nitrogens is 2. The lowest BCUT2D eigenvalue weighted by molar-refractivity contribution is 0.101. The molecule has 6 heteroatoms. The lowest BCUT2D eigenvalue weighted by Crippen LogP contribution is -2.26. The minimum Gasteiger partial charge on any atom is -0.372 e. The number of benzene rings is 1. The van der Waals surface area contributed by atoms with E-state index in [2.05, 4.69) is 35.2 Å². The van der Waals surface area contributed by atoms with Crippen LogP contribution in [0, 0.1) is 6.92 Å². The molecule has 0 radical (unpaired) electrons. The average Bonchev–Trinajstić information content (AvgIpc) is 2.60. The number of carbonyl (C=O) groups excluding carboxylic acids is 1. The van der Waals surface area contributed by atoms with Gasteiger partial charge in [0.2, 0.25) is 0 Å². The van der Waals surface area contributed by atoms with Crippen molar-refractivity contribution >= 4 is 17.3 Å². The van der Waals surface area contributed by atoms with Gasteiger partial charge in [-0.05, 0) is 57.0 Å². The van der Waals surface area contributed by atoms with Gasteiger partial charge in [-0.1, -0.05) is 6.92 Å². The first-order valence-electron chi connectivity index (χ1n) is 8.75. The Morgan fingerprint density at radius 2 is 1.88 bits per heavy atom. The van der Waals surface area contributed by atoms with Gasteiger partial charge in [-0.15, -0.1) is 0 Å². The van der Waals surface area contributed by atoms with Crippen LogP contribution < -0.4 is 15.8 Å². The highest BCUT2D eigenvalue weighted by Crippen LogP contribution is 2.23. The van der Waals surface area contributed by atoms with Crippen LogP contribution in [0.1, 0.15) is 43.2 Å². The zero-order chi connectivity index (χ0) is 18.4. The summed E-state index contributed by atoms with van der Waals surface area (Å²) in [5.41, 5.74) is 2.91. The molecule has 1 aromatic heterocycles. The fourth-order valence-corrected chi connectivity index (χ4v) is 2.70. The standard InChI is InChI=1S/C19H26N4O2/c1-5-12-23-18(24)11-10-17(21-23)19(25)20-16-9-8-15(13-14(16)4)22(6-2)7-3/h8-11,13H,5-7,12H2,1-4H3,(H,20,25). The van der Waals surface area contributed by atoms with Gasteiger partial charge < -0.3 is 10.2 Å². The summed E-state index contributed by atoms with van der Waals surface area (Å²) in [4.78, 5) is 26.4. The van der Waals surface area contributed by atoms with Crippen LogP contribution in [0.4, 0.5) is 11.4 Å². The monoisotopic (exact) mass is 342 g/mol. The largest absolute Gasteiger partial charge is 0.372 e. The second kappa shape index (κ2) is 8.46. The molecule has 25 heavy (non-hydrogen) atoms. The lowest BCUT2D eigenvalue weighted by Gasteiger charge is -2.22. The molecule has 0 aliphatic carbocycles. The van der Waals surface area contributed by atoms with E-state index in [1.807, 2.05) is 26.0 Å². The molecule has 2 aromatic rings. The van der Waals surface area contributed by atoms with E-state index < -0.39 is 0 Å². The van der Waals surface area contributed by atoms with Crippen molar-refractivity contribution in [3.05, 3.63) is 51.9 Å². The second-order valence-corrected chi connectivity index (χ2v) is 5.91. The van der Waals surface area contributed by atoms with Gasteiger partial charge in [-0.25, -0.2) is 4.68 Å². The summed E-state index contributed by atoms with van der Waals surface area (Å²) in [5.74, 6) is -0.316. The van der Waals surface area contributed by atoms with Gasteiger partial charge in [0, 0.05) is 37.1 Å². The molecular weight excluding hydrogens is 316 g/mol. The van der Waals surface area contributed by atoms with E-state index in [0.717, 1.165) is 36.4 Å². The summed E-state index contributed by atoms with van der Waals surface area (Å²) < 4.78 is 1.32. The molecule has 1 N–H and O–H groups in total. The predicted octanol–water partition coefficient (Wildman–Crippen LogP) is 3.06. The smallest absolute Gasteiger partial charge is 0.276 e. The number of hydrogen-bond donors (Lipinski definition) is 1. The summed E-state index contributed by atoms with van der Waals surface area (Å²) in [6.45, 7) is 10.5. The van der Waals surface area contributed by atoms with Crippen molar-refractivity contribution in [3.8, 4) is 0 Å². The van der Waals surface area contributed by atoms with Crippen molar-refractivity contribution in [2.45, 2.75) is 40.7 Å². The Morgan fingerprint density at radius 3 is 2.48 bits per heavy atom. The molecule has 0 aliphatic rings. The predicted molar refractivity (Wildman–Crippen MR) is 101 cm³/mol. The maximum absolute atomic E-state index is 12.5. The van der Waals surface area contributed by atoms with Gasteiger partial charge in [-0.3, -0.25) is 9.59 Å². The zero-order valence-electron chi connectivity index (χ0n) is 15.4. The molecule has 6 nitrogen and oxygen atoms in total. The molecule has 1 amide bonds. The van der Waals surface area contributed by atoms with E-state index in [4.69, 9.17) is 0 Å². The summed E-state index contributed by atoms with van der Waals surface area (Å²) in [6, 6.07) is 8.81. The fraction of sp³-hybridized carbons (Fsp3) is 0.421. The molecule has 0 fully saturated rings. The van der Waals surface area contributed by atoms with Gasteiger partial charge >= 0.3 is 0 Å². The van der Waals surface area contributed by atoms with Gasteiger partial charge in [0.15, 0.2) is 0 Å². The van der Waals surface area contributed by atoms with Crippen LogP contribution in [0.3, 0.4) is 0 Å². The quantitative estimate of drug-likeness (QED) is 0.840. The first-order valence-corrected chi connectivity index (χ1v) is 8.75. The van der Waals surface area contributed by atoms with Crippen LogP contribution in [0.5, 0.6) is 0 Å². The van der Waals surface area contributed by atoms with Crippen LogP contribution >= 0.6 is 0 Å². The van der Waals surface area contributed by atoms with Crippen molar-refractivity contribution in [2.75, 3.05) is 23.3 Å². The Morgan fingerprint density at radius 1 is 1.16 bits per heavy atom. The maximum atomic E-state index is 12.5. The maximum Gasteiger partial charge on any atom is 0.276 e. The summed E-state index contributed by atoms with van der Waals surface area (Å²) in [5, 5.41) is 7.03. The van der Waals surface area contributed by atoms with Gasteiger partial charge in [-0.2, -0.15) is 5.10 Å². The Labute approximate surface area is 148 Å². The molecule has 0 saturated carbocycles. The van der Waals surface area contributed by atoms with E-state index in [1.165, 1.54) is 16.8 Å². The Kier molecular flexibility index (Phi) is 6.33. The van der Waals surface area contributed by atoms with Crippen LogP contribution in [0.25, 0.3) is 0 Å². The number of hydrogen-bond acceptors (Lipinski definition) is 4. The number of aryl methyl sites for hydroxylation is 2. The van der Waals surface area contributed by atoms with Crippen molar-refractivity contribution in [2.24, 2.45) is 0 Å². The van der Waals surface area contributed by atoms with Gasteiger partial charge in [0.25, 0.3) is 11.5 Å². The summed E-state index contributed by atoms with van der Waals surface area (Å²) >= 11 is 0. The molecule has 0 atom stereocenters. The molecule has 134 valence electrons. The number of nitrogens with one attached hydrogen (secondary N) is 1. The SMILES string of the molecule is CCCn1nc(C(=O)Nc2ccc(N(CC)CC)cc2C)ccc1=O. The Balaban J connectivity index is 2.20. The van der Waals surface area contributed by atoms with Gasteiger partial charge in [0.1, 0.15) is 5.69 Å². The number of rotatable bonds is 7. The second-order valence-electron chi connectivity index (χ2n) is 5.91. The van der Waals surface area contributed by atoms with E-state index >= 15 is 0 Å². The highest BCUT2D eigenvalue weighted by atomic mass is 16.2. The van der Waals surface area contributed by atoms with Crippen molar-refractivity contribution in [1.82, 2.24) is 9.78 Å². The van der Waals surface area contributed by atoms with E-state index in [0.29, 0.717) is 6.54 Å². The number of carbonyl (C=O) groups is 1. The van der Waals surface area contributed by atoms with Crippen LogP contribution in [0.15, 0.2) is 35.1 Å². The first kappa shape index (κ1) is 18.7. The molecule has 0 spiro atoms. The molecule has 2 rings (SSSR count). The van der Waals surface area contributed by atoms with Crippen LogP contribution in [0.2, 0.25) is 0 Å². The third-order valence-corrected chi connectivity index (χ3v) is 4.12. The highest BCUT2D eigenvalue weighted by molar-refractivity contribution is 6.03. The normalized spacial score (nSPS) is 10.6. The minimum absolute atomic E-state index is 0.196.